The molecule has 2 aromatic heterocycles. The molecule has 0 saturated heterocycles. The molecule has 0 spiro atoms. The summed E-state index contributed by atoms with van der Waals surface area (Å²) in [6.45, 7) is 0.616. The van der Waals surface area contributed by atoms with E-state index in [2.05, 4.69) is 38.4 Å². The lowest BCUT2D eigenvalue weighted by atomic mass is 10.1. The van der Waals surface area contributed by atoms with Crippen molar-refractivity contribution in [1.82, 2.24) is 14.9 Å². The number of nitrogens with zero attached hydrogens (tertiary/aromatic N) is 2. The molecule has 8 heteroatoms. The van der Waals surface area contributed by atoms with Gasteiger partial charge in [-0.05, 0) is 54.1 Å². The molecule has 0 saturated carbocycles. The third kappa shape index (κ3) is 5.44. The zero-order chi connectivity index (χ0) is 21.6. The van der Waals surface area contributed by atoms with E-state index < -0.39 is 0 Å². The van der Waals surface area contributed by atoms with Crippen molar-refractivity contribution in [2.45, 2.75) is 18.0 Å². The van der Waals surface area contributed by atoms with Gasteiger partial charge in [-0.2, -0.15) is 0 Å². The second-order valence-corrected chi connectivity index (χ2v) is 9.65. The van der Waals surface area contributed by atoms with Crippen molar-refractivity contribution >= 4 is 55.2 Å². The molecule has 0 radical (unpaired) electrons. The SMILES string of the molecule is O=C(CSc1nc2ccsc2c(=O)n1-c1ccc(Br)cc1)NCCCc1ccccc1. The van der Waals surface area contributed by atoms with Gasteiger partial charge in [0.05, 0.1) is 17.0 Å². The first-order chi connectivity index (χ1) is 15.1. The second kappa shape index (κ2) is 10.3. The van der Waals surface area contributed by atoms with Crippen LogP contribution in [0.5, 0.6) is 0 Å². The Hall–Kier alpha value is -2.42. The Labute approximate surface area is 196 Å². The van der Waals surface area contributed by atoms with Gasteiger partial charge in [-0.3, -0.25) is 14.2 Å². The van der Waals surface area contributed by atoms with E-state index in [1.165, 1.54) is 28.7 Å². The zero-order valence-electron chi connectivity index (χ0n) is 16.6. The number of rotatable bonds is 8. The number of hydrogen-bond acceptors (Lipinski definition) is 5. The number of nitrogens with one attached hydrogen (secondary N) is 1. The summed E-state index contributed by atoms with van der Waals surface area (Å²) >= 11 is 6.07. The Morgan fingerprint density at radius 3 is 2.65 bits per heavy atom. The Morgan fingerprint density at radius 1 is 1.10 bits per heavy atom. The second-order valence-electron chi connectivity index (χ2n) is 6.87. The number of carbonyl (C=O) groups is 1. The van der Waals surface area contributed by atoms with Gasteiger partial charge in [0.15, 0.2) is 5.16 Å². The lowest BCUT2D eigenvalue weighted by Crippen LogP contribution is -2.27. The fraction of sp³-hybridized carbons (Fsp3) is 0.174. The smallest absolute Gasteiger partial charge is 0.276 e. The number of aromatic nitrogens is 2. The number of thioether (sulfide) groups is 1. The van der Waals surface area contributed by atoms with Crippen LogP contribution < -0.4 is 10.9 Å². The Balaban J connectivity index is 1.44. The molecule has 1 N–H and O–H groups in total. The van der Waals surface area contributed by atoms with Crippen LogP contribution in [0, 0.1) is 0 Å². The highest BCUT2D eigenvalue weighted by Crippen LogP contribution is 2.24. The minimum absolute atomic E-state index is 0.0694. The molecule has 4 rings (SSSR count). The number of fused-ring (bicyclic) bond motifs is 1. The summed E-state index contributed by atoms with van der Waals surface area (Å²) in [5.41, 5.74) is 2.53. The molecule has 0 aliphatic heterocycles. The van der Waals surface area contributed by atoms with Gasteiger partial charge in [0, 0.05) is 11.0 Å². The summed E-state index contributed by atoms with van der Waals surface area (Å²) in [5, 5.41) is 5.33. The van der Waals surface area contributed by atoms with E-state index in [1.54, 1.807) is 4.57 Å². The van der Waals surface area contributed by atoms with Crippen LogP contribution in [0.1, 0.15) is 12.0 Å². The molecule has 4 aromatic rings. The zero-order valence-corrected chi connectivity index (χ0v) is 19.8. The monoisotopic (exact) mass is 513 g/mol. The molecule has 31 heavy (non-hydrogen) atoms. The Kier molecular flexibility index (Phi) is 7.21. The normalized spacial score (nSPS) is 11.0. The molecule has 1 amide bonds. The largest absolute Gasteiger partial charge is 0.355 e. The average molecular weight is 514 g/mol. The molecule has 0 bridgehead atoms. The first-order valence-electron chi connectivity index (χ1n) is 9.81. The summed E-state index contributed by atoms with van der Waals surface area (Å²) in [4.78, 5) is 30.1. The fourth-order valence-corrected chi connectivity index (χ4v) is 5.02. The van der Waals surface area contributed by atoms with Gasteiger partial charge in [-0.25, -0.2) is 4.98 Å². The number of thiophene rings is 1. The molecule has 2 heterocycles. The van der Waals surface area contributed by atoms with Crippen LogP contribution in [0.2, 0.25) is 0 Å². The molecule has 0 unspecified atom stereocenters. The highest BCUT2D eigenvalue weighted by molar-refractivity contribution is 9.10. The summed E-state index contributed by atoms with van der Waals surface area (Å²) in [5.74, 6) is 0.129. The van der Waals surface area contributed by atoms with Crippen LogP contribution in [0.4, 0.5) is 0 Å². The van der Waals surface area contributed by atoms with Crippen molar-refractivity contribution in [3.8, 4) is 5.69 Å². The molecule has 0 atom stereocenters. The van der Waals surface area contributed by atoms with Crippen molar-refractivity contribution in [3.05, 3.63) is 86.4 Å². The lowest BCUT2D eigenvalue weighted by molar-refractivity contribution is -0.118. The van der Waals surface area contributed by atoms with E-state index in [0.29, 0.717) is 21.9 Å². The van der Waals surface area contributed by atoms with E-state index >= 15 is 0 Å². The number of amides is 1. The van der Waals surface area contributed by atoms with Gasteiger partial charge < -0.3 is 5.32 Å². The van der Waals surface area contributed by atoms with Gasteiger partial charge >= 0.3 is 0 Å². The van der Waals surface area contributed by atoms with Crippen molar-refractivity contribution in [1.29, 1.82) is 0 Å². The summed E-state index contributed by atoms with van der Waals surface area (Å²) in [7, 11) is 0. The molecular formula is C23H20BrN3O2S2. The number of aryl methyl sites for hydroxylation is 1. The van der Waals surface area contributed by atoms with Crippen LogP contribution in [0.25, 0.3) is 15.9 Å². The number of hydrogen-bond donors (Lipinski definition) is 1. The highest BCUT2D eigenvalue weighted by Gasteiger charge is 2.15. The predicted molar refractivity (Wildman–Crippen MR) is 131 cm³/mol. The molecule has 0 aliphatic rings. The fourth-order valence-electron chi connectivity index (χ4n) is 3.15. The number of halogens is 1. The van der Waals surface area contributed by atoms with Crippen LogP contribution in [0.15, 0.2) is 80.5 Å². The first-order valence-corrected chi connectivity index (χ1v) is 12.5. The topological polar surface area (TPSA) is 64.0 Å². The van der Waals surface area contributed by atoms with Crippen LogP contribution in [-0.4, -0.2) is 27.8 Å². The first kappa shape index (κ1) is 21.8. The van der Waals surface area contributed by atoms with E-state index in [9.17, 15) is 9.59 Å². The Bertz CT molecular complexity index is 1240. The van der Waals surface area contributed by atoms with E-state index in [1.807, 2.05) is 53.9 Å². The summed E-state index contributed by atoms with van der Waals surface area (Å²) < 4.78 is 3.12. The Morgan fingerprint density at radius 2 is 1.87 bits per heavy atom. The summed E-state index contributed by atoms with van der Waals surface area (Å²) in [6.07, 6.45) is 1.80. The van der Waals surface area contributed by atoms with Crippen LogP contribution in [-0.2, 0) is 11.2 Å². The van der Waals surface area contributed by atoms with Gasteiger partial charge in [0.2, 0.25) is 5.91 Å². The maximum absolute atomic E-state index is 13.1. The van der Waals surface area contributed by atoms with Gasteiger partial charge in [0.1, 0.15) is 4.70 Å². The van der Waals surface area contributed by atoms with Crippen LogP contribution in [0.3, 0.4) is 0 Å². The lowest BCUT2D eigenvalue weighted by Gasteiger charge is -2.12. The van der Waals surface area contributed by atoms with Crippen LogP contribution >= 0.6 is 39.0 Å². The minimum atomic E-state index is -0.118. The van der Waals surface area contributed by atoms with Gasteiger partial charge in [-0.1, -0.05) is 58.0 Å². The molecule has 5 nitrogen and oxygen atoms in total. The molecular weight excluding hydrogens is 494 g/mol. The average Bonchev–Trinajstić information content (AvgIpc) is 3.26. The van der Waals surface area contributed by atoms with Gasteiger partial charge in [0.25, 0.3) is 5.56 Å². The predicted octanol–water partition coefficient (Wildman–Crippen LogP) is 5.05. The maximum atomic E-state index is 13.1. The third-order valence-electron chi connectivity index (χ3n) is 4.67. The van der Waals surface area contributed by atoms with Gasteiger partial charge in [-0.15, -0.1) is 11.3 Å². The molecule has 158 valence electrons. The molecule has 0 fully saturated rings. The standard InChI is InChI=1S/C23H20BrN3O2S2/c24-17-8-10-18(11-9-17)27-22(29)21-19(12-14-30-21)26-23(27)31-15-20(28)25-13-4-7-16-5-2-1-3-6-16/h1-3,5-6,8-12,14H,4,7,13,15H2,(H,25,28). The molecule has 0 aliphatic carbocycles. The number of carbonyl (C=O) groups excluding carboxylic acids is 1. The number of benzene rings is 2. The van der Waals surface area contributed by atoms with E-state index in [-0.39, 0.29) is 17.2 Å². The third-order valence-corrected chi connectivity index (χ3v) is 7.03. The van der Waals surface area contributed by atoms with Crippen molar-refractivity contribution in [2.24, 2.45) is 0 Å². The van der Waals surface area contributed by atoms with E-state index in [4.69, 9.17) is 0 Å². The van der Waals surface area contributed by atoms with Crippen molar-refractivity contribution in [2.75, 3.05) is 12.3 Å². The molecule has 2 aromatic carbocycles. The van der Waals surface area contributed by atoms with Crippen molar-refractivity contribution in [3.63, 3.8) is 0 Å². The van der Waals surface area contributed by atoms with Crippen molar-refractivity contribution < 1.29 is 4.79 Å². The van der Waals surface area contributed by atoms with E-state index in [0.717, 1.165) is 23.0 Å². The summed E-state index contributed by atoms with van der Waals surface area (Å²) in [6, 6.07) is 19.5. The maximum Gasteiger partial charge on any atom is 0.276 e. The highest BCUT2D eigenvalue weighted by atomic mass is 79.9. The minimum Gasteiger partial charge on any atom is -0.355 e. The quantitative estimate of drug-likeness (QED) is 0.203.